The molecule has 23 heavy (non-hydrogen) atoms. The summed E-state index contributed by atoms with van der Waals surface area (Å²) in [6, 6.07) is 10.2. The number of carboxylic acid groups (broad SMARTS) is 1. The van der Waals surface area contributed by atoms with E-state index in [4.69, 9.17) is 0 Å². The molecule has 0 heterocycles. The van der Waals surface area contributed by atoms with Gasteiger partial charge in [-0.05, 0) is 17.7 Å². The maximum absolute atomic E-state index is 12.2. The average molecular weight is 335 g/mol. The van der Waals surface area contributed by atoms with Gasteiger partial charge in [-0.2, -0.15) is 4.72 Å². The van der Waals surface area contributed by atoms with Gasteiger partial charge in [0.15, 0.2) is 0 Å². The van der Waals surface area contributed by atoms with Gasteiger partial charge >= 0.3 is 0 Å². The Labute approximate surface area is 131 Å². The van der Waals surface area contributed by atoms with Gasteiger partial charge in [0.1, 0.15) is 0 Å². The summed E-state index contributed by atoms with van der Waals surface area (Å²) in [5.41, 5.74) is -0.0681. The number of hydrogen-bond donors (Lipinski definition) is 1. The molecule has 0 aromatic heterocycles. The number of rotatable bonds is 6. The molecule has 0 unspecified atom stereocenters. The summed E-state index contributed by atoms with van der Waals surface area (Å²) in [6.45, 7) is 0. The SMILES string of the molecule is O=C([O-])[C@H](NS(=O)(=O)c1ccc([N+](=O)[O-])cc1)c1ccccc1. The maximum atomic E-state index is 12.2. The van der Waals surface area contributed by atoms with Gasteiger partial charge in [0.25, 0.3) is 5.69 Å². The second-order valence-electron chi connectivity index (χ2n) is 4.54. The number of hydrogen-bond acceptors (Lipinski definition) is 6. The average Bonchev–Trinajstić information content (AvgIpc) is 2.53. The second-order valence-corrected chi connectivity index (χ2v) is 6.25. The van der Waals surface area contributed by atoms with E-state index >= 15 is 0 Å². The number of nitro benzene ring substituents is 1. The number of aliphatic carboxylic acids is 1. The number of carboxylic acids is 1. The Balaban J connectivity index is 2.31. The number of benzene rings is 2. The summed E-state index contributed by atoms with van der Waals surface area (Å²) < 4.78 is 26.5. The molecule has 9 heteroatoms. The molecule has 0 spiro atoms. The first-order valence-electron chi connectivity index (χ1n) is 6.34. The molecular formula is C14H11N2O6S-. The summed E-state index contributed by atoms with van der Waals surface area (Å²) in [6.07, 6.45) is 0. The molecule has 0 aliphatic heterocycles. The van der Waals surface area contributed by atoms with E-state index in [1.807, 2.05) is 4.72 Å². The number of carbonyl (C=O) groups is 1. The first kappa shape index (κ1) is 16.6. The van der Waals surface area contributed by atoms with Crippen LogP contribution in [0, 0.1) is 10.1 Å². The van der Waals surface area contributed by atoms with Crippen LogP contribution in [-0.4, -0.2) is 19.3 Å². The molecule has 0 aliphatic rings. The molecule has 2 aromatic rings. The molecule has 1 atom stereocenters. The van der Waals surface area contributed by atoms with E-state index in [1.165, 1.54) is 12.1 Å². The zero-order chi connectivity index (χ0) is 17.0. The van der Waals surface area contributed by atoms with Crippen molar-refractivity contribution >= 4 is 21.7 Å². The molecule has 2 aromatic carbocycles. The molecule has 8 nitrogen and oxygen atoms in total. The van der Waals surface area contributed by atoms with E-state index in [1.54, 1.807) is 18.2 Å². The molecule has 0 fully saturated rings. The number of sulfonamides is 1. The van der Waals surface area contributed by atoms with Gasteiger partial charge in [0.2, 0.25) is 10.0 Å². The van der Waals surface area contributed by atoms with Gasteiger partial charge in [-0.3, -0.25) is 10.1 Å². The van der Waals surface area contributed by atoms with Crippen LogP contribution in [0.25, 0.3) is 0 Å². The van der Waals surface area contributed by atoms with Crippen LogP contribution in [0.15, 0.2) is 59.5 Å². The molecule has 0 aliphatic carbocycles. The Morgan fingerprint density at radius 2 is 1.61 bits per heavy atom. The predicted molar refractivity (Wildman–Crippen MR) is 77.6 cm³/mol. The molecule has 120 valence electrons. The Morgan fingerprint density at radius 3 is 2.09 bits per heavy atom. The number of nitrogens with zero attached hydrogens (tertiary/aromatic N) is 1. The molecule has 0 saturated carbocycles. The van der Waals surface area contributed by atoms with Crippen LogP contribution < -0.4 is 9.83 Å². The van der Waals surface area contributed by atoms with Gasteiger partial charge in [-0.25, -0.2) is 8.42 Å². The van der Waals surface area contributed by atoms with Crippen LogP contribution in [0.1, 0.15) is 11.6 Å². The normalized spacial score (nSPS) is 12.5. The van der Waals surface area contributed by atoms with E-state index in [2.05, 4.69) is 0 Å². The lowest BCUT2D eigenvalue weighted by Gasteiger charge is -2.20. The lowest BCUT2D eigenvalue weighted by molar-refractivity contribution is -0.384. The minimum absolute atomic E-state index is 0.206. The van der Waals surface area contributed by atoms with E-state index in [-0.39, 0.29) is 16.1 Å². The monoisotopic (exact) mass is 335 g/mol. The van der Waals surface area contributed by atoms with Crippen molar-refractivity contribution in [1.82, 2.24) is 4.72 Å². The number of nitro groups is 1. The van der Waals surface area contributed by atoms with Crippen LogP contribution in [0.2, 0.25) is 0 Å². The number of nitrogens with one attached hydrogen (secondary N) is 1. The molecule has 2 rings (SSSR count). The summed E-state index contributed by atoms with van der Waals surface area (Å²) in [4.78, 5) is 20.8. The fourth-order valence-corrected chi connectivity index (χ4v) is 3.04. The molecule has 0 bridgehead atoms. The molecule has 0 saturated heterocycles. The van der Waals surface area contributed by atoms with Crippen LogP contribution in [0.3, 0.4) is 0 Å². The Morgan fingerprint density at radius 1 is 1.04 bits per heavy atom. The standard InChI is InChI=1S/C14H12N2O6S/c17-14(18)13(10-4-2-1-3-5-10)15-23(21,22)12-8-6-11(7-9-12)16(19)20/h1-9,13,15H,(H,17,18)/p-1/t13-/m1/s1. The van der Waals surface area contributed by atoms with E-state index in [0.29, 0.717) is 0 Å². The van der Waals surface area contributed by atoms with Crippen LogP contribution >= 0.6 is 0 Å². The lowest BCUT2D eigenvalue weighted by atomic mass is 10.1. The van der Waals surface area contributed by atoms with E-state index in [9.17, 15) is 28.4 Å². The minimum atomic E-state index is -4.19. The van der Waals surface area contributed by atoms with Crippen molar-refractivity contribution in [3.05, 3.63) is 70.3 Å². The third-order valence-electron chi connectivity index (χ3n) is 3.00. The molecule has 1 N–H and O–H groups in total. The molecular weight excluding hydrogens is 324 g/mol. The summed E-state index contributed by atoms with van der Waals surface area (Å²) in [5, 5.41) is 21.8. The molecule has 0 radical (unpaired) electrons. The Bertz CT molecular complexity index is 818. The predicted octanol–water partition coefficient (Wildman–Crippen LogP) is 0.364. The maximum Gasteiger partial charge on any atom is 0.269 e. The van der Waals surface area contributed by atoms with E-state index < -0.39 is 27.0 Å². The van der Waals surface area contributed by atoms with Crippen molar-refractivity contribution < 1.29 is 23.2 Å². The van der Waals surface area contributed by atoms with Crippen LogP contribution in [0.5, 0.6) is 0 Å². The van der Waals surface area contributed by atoms with Crippen molar-refractivity contribution in [1.29, 1.82) is 0 Å². The zero-order valence-corrected chi connectivity index (χ0v) is 12.4. The Kier molecular flexibility index (Phi) is 4.72. The fraction of sp³-hybridized carbons (Fsp3) is 0.0714. The van der Waals surface area contributed by atoms with Gasteiger partial charge in [-0.1, -0.05) is 30.3 Å². The highest BCUT2D eigenvalue weighted by molar-refractivity contribution is 7.89. The highest BCUT2D eigenvalue weighted by atomic mass is 32.2. The third kappa shape index (κ3) is 3.90. The van der Waals surface area contributed by atoms with Crippen LogP contribution in [-0.2, 0) is 14.8 Å². The van der Waals surface area contributed by atoms with Crippen LogP contribution in [0.4, 0.5) is 5.69 Å². The van der Waals surface area contributed by atoms with Crippen molar-refractivity contribution in [2.24, 2.45) is 0 Å². The third-order valence-corrected chi connectivity index (χ3v) is 4.44. The first-order chi connectivity index (χ1) is 10.8. The summed E-state index contributed by atoms with van der Waals surface area (Å²) >= 11 is 0. The van der Waals surface area contributed by atoms with Crippen molar-refractivity contribution in [3.63, 3.8) is 0 Å². The smallest absolute Gasteiger partial charge is 0.269 e. The number of carbonyl (C=O) groups excluding carboxylic acids is 1. The summed E-state index contributed by atoms with van der Waals surface area (Å²) in [5.74, 6) is -1.61. The van der Waals surface area contributed by atoms with Gasteiger partial charge in [0, 0.05) is 12.1 Å². The van der Waals surface area contributed by atoms with Gasteiger partial charge in [0.05, 0.1) is 21.8 Å². The molecule has 0 amide bonds. The van der Waals surface area contributed by atoms with E-state index in [0.717, 1.165) is 24.3 Å². The fourth-order valence-electron chi connectivity index (χ4n) is 1.87. The van der Waals surface area contributed by atoms with Gasteiger partial charge < -0.3 is 9.90 Å². The number of non-ortho nitro benzene ring substituents is 1. The Hall–Kier alpha value is -2.78. The highest BCUT2D eigenvalue weighted by Gasteiger charge is 2.22. The summed E-state index contributed by atoms with van der Waals surface area (Å²) in [7, 11) is -4.19. The minimum Gasteiger partial charge on any atom is -0.548 e. The largest absolute Gasteiger partial charge is 0.548 e. The lowest BCUT2D eigenvalue weighted by Crippen LogP contribution is -2.41. The van der Waals surface area contributed by atoms with Crippen molar-refractivity contribution in [2.45, 2.75) is 10.9 Å². The second kappa shape index (κ2) is 6.55. The van der Waals surface area contributed by atoms with Crippen molar-refractivity contribution in [3.8, 4) is 0 Å². The highest BCUT2D eigenvalue weighted by Crippen LogP contribution is 2.19. The first-order valence-corrected chi connectivity index (χ1v) is 7.82. The zero-order valence-electron chi connectivity index (χ0n) is 11.6. The topological polar surface area (TPSA) is 129 Å². The van der Waals surface area contributed by atoms with Crippen molar-refractivity contribution in [2.75, 3.05) is 0 Å². The quantitative estimate of drug-likeness (QED) is 0.599. The van der Waals surface area contributed by atoms with Gasteiger partial charge in [-0.15, -0.1) is 0 Å².